The lowest BCUT2D eigenvalue weighted by Gasteiger charge is -2.14. The summed E-state index contributed by atoms with van der Waals surface area (Å²) in [4.78, 5) is 0. The Bertz CT molecular complexity index is 513. The van der Waals surface area contributed by atoms with Crippen molar-refractivity contribution in [3.63, 3.8) is 0 Å². The van der Waals surface area contributed by atoms with Gasteiger partial charge in [-0.3, -0.25) is 4.68 Å². The molecule has 18 heavy (non-hydrogen) atoms. The topological polar surface area (TPSA) is 83.8 Å². The van der Waals surface area contributed by atoms with Crippen molar-refractivity contribution in [2.45, 2.75) is 26.0 Å². The van der Waals surface area contributed by atoms with Crippen LogP contribution in [-0.2, 0) is 18.3 Å². The zero-order chi connectivity index (χ0) is 13.1. The molecular weight excluding hydrogens is 232 g/mol. The molecule has 1 atom stereocenters. The third-order valence-electron chi connectivity index (χ3n) is 2.99. The van der Waals surface area contributed by atoms with Gasteiger partial charge in [-0.05, 0) is 12.5 Å². The first-order valence-electron chi connectivity index (χ1n) is 5.87. The van der Waals surface area contributed by atoms with E-state index in [9.17, 15) is 0 Å². The molecule has 2 N–H and O–H groups in total. The highest BCUT2D eigenvalue weighted by Crippen LogP contribution is 2.23. The Hall–Kier alpha value is -1.89. The fraction of sp³-hybridized carbons (Fsp3) is 0.545. The van der Waals surface area contributed by atoms with Crippen LogP contribution in [0.4, 0.5) is 5.82 Å². The van der Waals surface area contributed by atoms with E-state index in [-0.39, 0.29) is 6.10 Å². The second kappa shape index (κ2) is 5.18. The van der Waals surface area contributed by atoms with Gasteiger partial charge in [0.2, 0.25) is 0 Å². The summed E-state index contributed by atoms with van der Waals surface area (Å²) < 4.78 is 8.88. The smallest absolute Gasteiger partial charge is 0.175 e. The Balaban J connectivity index is 2.36. The molecule has 2 aromatic rings. The molecule has 2 aromatic heterocycles. The van der Waals surface area contributed by atoms with Crippen LogP contribution in [0.5, 0.6) is 0 Å². The number of rotatable bonds is 5. The van der Waals surface area contributed by atoms with Crippen LogP contribution in [0.3, 0.4) is 0 Å². The second-order valence-electron chi connectivity index (χ2n) is 4.11. The molecular formula is C11H18N6O. The fourth-order valence-corrected chi connectivity index (χ4v) is 1.89. The third kappa shape index (κ3) is 2.21. The average molecular weight is 250 g/mol. The van der Waals surface area contributed by atoms with Gasteiger partial charge in [0.1, 0.15) is 5.69 Å². The summed E-state index contributed by atoms with van der Waals surface area (Å²) in [5, 5.41) is 12.1. The number of nitrogen functional groups attached to an aromatic ring is 1. The van der Waals surface area contributed by atoms with Crippen LogP contribution in [0.15, 0.2) is 12.3 Å². The fourth-order valence-electron chi connectivity index (χ4n) is 1.89. The van der Waals surface area contributed by atoms with E-state index in [0.29, 0.717) is 12.4 Å². The number of nitrogens with two attached hydrogens (primary N) is 1. The Kier molecular flexibility index (Phi) is 3.61. The summed E-state index contributed by atoms with van der Waals surface area (Å²) in [7, 11) is 3.55. The van der Waals surface area contributed by atoms with Crippen LogP contribution in [0.1, 0.15) is 13.3 Å². The quantitative estimate of drug-likeness (QED) is 0.843. The van der Waals surface area contributed by atoms with Gasteiger partial charge in [0, 0.05) is 20.4 Å². The SMILES string of the molecule is CCC(Cn1nnc(N)c1-c1ccnn1C)OC. The molecule has 7 nitrogen and oxygen atoms in total. The van der Waals surface area contributed by atoms with Crippen molar-refractivity contribution in [3.8, 4) is 11.4 Å². The summed E-state index contributed by atoms with van der Waals surface area (Å²) in [6.07, 6.45) is 2.72. The lowest BCUT2D eigenvalue weighted by molar-refractivity contribution is 0.0814. The van der Waals surface area contributed by atoms with E-state index in [1.165, 1.54) is 0 Å². The predicted octanol–water partition coefficient (Wildman–Crippen LogP) is 0.686. The highest BCUT2D eigenvalue weighted by Gasteiger charge is 2.17. The molecule has 2 rings (SSSR count). The number of ether oxygens (including phenoxy) is 1. The zero-order valence-corrected chi connectivity index (χ0v) is 10.9. The lowest BCUT2D eigenvalue weighted by Crippen LogP contribution is -2.19. The maximum atomic E-state index is 5.88. The van der Waals surface area contributed by atoms with Crippen molar-refractivity contribution in [2.75, 3.05) is 12.8 Å². The van der Waals surface area contributed by atoms with Gasteiger partial charge in [-0.2, -0.15) is 5.10 Å². The molecule has 0 aliphatic rings. The third-order valence-corrected chi connectivity index (χ3v) is 2.99. The average Bonchev–Trinajstić information content (AvgIpc) is 2.92. The van der Waals surface area contributed by atoms with E-state index >= 15 is 0 Å². The monoisotopic (exact) mass is 250 g/mol. The minimum absolute atomic E-state index is 0.0954. The minimum atomic E-state index is 0.0954. The number of methoxy groups -OCH3 is 1. The van der Waals surface area contributed by atoms with Crippen LogP contribution >= 0.6 is 0 Å². The van der Waals surface area contributed by atoms with Crippen molar-refractivity contribution >= 4 is 5.82 Å². The van der Waals surface area contributed by atoms with E-state index in [1.807, 2.05) is 13.1 Å². The Morgan fingerprint density at radius 2 is 2.28 bits per heavy atom. The highest BCUT2D eigenvalue weighted by molar-refractivity contribution is 5.66. The Morgan fingerprint density at radius 1 is 1.50 bits per heavy atom. The van der Waals surface area contributed by atoms with Crippen molar-refractivity contribution in [1.82, 2.24) is 24.8 Å². The van der Waals surface area contributed by atoms with Gasteiger partial charge in [-0.15, -0.1) is 5.10 Å². The summed E-state index contributed by atoms with van der Waals surface area (Å²) in [6.45, 7) is 2.69. The molecule has 0 amide bonds. The van der Waals surface area contributed by atoms with E-state index in [2.05, 4.69) is 22.3 Å². The molecule has 0 radical (unpaired) electrons. The van der Waals surface area contributed by atoms with Crippen LogP contribution in [0, 0.1) is 0 Å². The number of hydrogen-bond acceptors (Lipinski definition) is 5. The first-order valence-corrected chi connectivity index (χ1v) is 5.87. The molecule has 7 heteroatoms. The Labute approximate surface area is 106 Å². The van der Waals surface area contributed by atoms with Gasteiger partial charge in [0.25, 0.3) is 0 Å². The number of aryl methyl sites for hydroxylation is 1. The maximum absolute atomic E-state index is 5.88. The molecule has 0 fully saturated rings. The van der Waals surface area contributed by atoms with Gasteiger partial charge in [-0.1, -0.05) is 12.1 Å². The van der Waals surface area contributed by atoms with Crippen molar-refractivity contribution in [2.24, 2.45) is 7.05 Å². The van der Waals surface area contributed by atoms with Gasteiger partial charge < -0.3 is 10.5 Å². The summed E-state index contributed by atoms with van der Waals surface area (Å²) >= 11 is 0. The second-order valence-corrected chi connectivity index (χ2v) is 4.11. The van der Waals surface area contributed by atoms with E-state index < -0.39 is 0 Å². The molecule has 2 heterocycles. The van der Waals surface area contributed by atoms with Gasteiger partial charge >= 0.3 is 0 Å². The summed E-state index contributed by atoms with van der Waals surface area (Å²) in [5.41, 5.74) is 7.56. The lowest BCUT2D eigenvalue weighted by atomic mass is 10.2. The van der Waals surface area contributed by atoms with Gasteiger partial charge in [0.15, 0.2) is 5.82 Å². The molecule has 0 aromatic carbocycles. The molecule has 0 saturated carbocycles. The normalized spacial score (nSPS) is 12.8. The molecule has 98 valence electrons. The van der Waals surface area contributed by atoms with Crippen molar-refractivity contribution in [1.29, 1.82) is 0 Å². The molecule has 0 aliphatic carbocycles. The zero-order valence-electron chi connectivity index (χ0n) is 10.9. The van der Waals surface area contributed by atoms with Crippen LogP contribution in [0.25, 0.3) is 11.4 Å². The minimum Gasteiger partial charge on any atom is -0.380 e. The van der Waals surface area contributed by atoms with Crippen LogP contribution in [0.2, 0.25) is 0 Å². The summed E-state index contributed by atoms with van der Waals surface area (Å²) in [5.74, 6) is 0.407. The summed E-state index contributed by atoms with van der Waals surface area (Å²) in [6, 6.07) is 1.89. The van der Waals surface area contributed by atoms with Gasteiger partial charge in [0.05, 0.1) is 18.3 Å². The molecule has 0 spiro atoms. The van der Waals surface area contributed by atoms with Crippen molar-refractivity contribution < 1.29 is 4.74 Å². The number of nitrogens with zero attached hydrogens (tertiary/aromatic N) is 5. The first kappa shape index (κ1) is 12.6. The standard InChI is InChI=1S/C11H18N6O/c1-4-8(18-3)7-17-10(11(12)14-15-17)9-5-6-13-16(9)2/h5-6,8H,4,7,12H2,1-3H3. The first-order chi connectivity index (χ1) is 8.67. The predicted molar refractivity (Wildman–Crippen MR) is 67.7 cm³/mol. The van der Waals surface area contributed by atoms with E-state index in [1.54, 1.807) is 22.7 Å². The largest absolute Gasteiger partial charge is 0.380 e. The molecule has 0 saturated heterocycles. The van der Waals surface area contributed by atoms with E-state index in [0.717, 1.165) is 17.8 Å². The molecule has 0 bridgehead atoms. The number of aromatic nitrogens is 5. The van der Waals surface area contributed by atoms with Crippen molar-refractivity contribution in [3.05, 3.63) is 12.3 Å². The highest BCUT2D eigenvalue weighted by atomic mass is 16.5. The molecule has 1 unspecified atom stereocenters. The van der Waals surface area contributed by atoms with Crippen LogP contribution in [-0.4, -0.2) is 38.0 Å². The number of hydrogen-bond donors (Lipinski definition) is 1. The van der Waals surface area contributed by atoms with E-state index in [4.69, 9.17) is 10.5 Å². The molecule has 0 aliphatic heterocycles. The number of anilines is 1. The van der Waals surface area contributed by atoms with Gasteiger partial charge in [-0.25, -0.2) is 4.68 Å². The maximum Gasteiger partial charge on any atom is 0.175 e. The van der Waals surface area contributed by atoms with Crippen LogP contribution < -0.4 is 5.73 Å². The Morgan fingerprint density at radius 3 is 2.83 bits per heavy atom.